The molecule has 5 rings (SSSR count). The Morgan fingerprint density at radius 2 is 2.08 bits per heavy atom. The number of aromatic hydroxyl groups is 1. The van der Waals surface area contributed by atoms with Gasteiger partial charge in [-0.05, 0) is 43.9 Å². The Balaban J connectivity index is 1.88. The molecule has 3 heterocycles. The normalized spacial score (nSPS) is 15.8. The molecule has 11 heteroatoms. The molecule has 0 aliphatic carbocycles. The molecule has 0 bridgehead atoms. The number of ether oxygens (including phenoxy) is 1. The molecule has 192 valence electrons. The fourth-order valence-corrected chi connectivity index (χ4v) is 4.77. The van der Waals surface area contributed by atoms with Crippen molar-refractivity contribution >= 4 is 33.2 Å². The van der Waals surface area contributed by atoms with Crippen LogP contribution in [0.25, 0.3) is 38.7 Å². The van der Waals surface area contributed by atoms with Gasteiger partial charge < -0.3 is 29.9 Å². The zero-order valence-corrected chi connectivity index (χ0v) is 20.9. The summed E-state index contributed by atoms with van der Waals surface area (Å²) in [6.07, 6.45) is 2.34. The Hall–Kier alpha value is -4.38. The second kappa shape index (κ2) is 8.93. The maximum absolute atomic E-state index is 15.2. The van der Waals surface area contributed by atoms with E-state index < -0.39 is 11.4 Å². The second-order valence-corrected chi connectivity index (χ2v) is 9.20. The zero-order valence-electron chi connectivity index (χ0n) is 20.9. The van der Waals surface area contributed by atoms with Crippen LogP contribution in [0, 0.1) is 12.7 Å². The molecule has 2 aromatic carbocycles. The average Bonchev–Trinajstić information content (AvgIpc) is 2.84. The lowest BCUT2D eigenvalue weighted by Crippen LogP contribution is -2.46. The molecule has 0 saturated carbocycles. The number of anilines is 1. The largest absolute Gasteiger partial charge is 0.508 e. The number of hydrazine groups is 1. The Morgan fingerprint density at radius 3 is 2.70 bits per heavy atom. The molecule has 1 unspecified atom stereocenters. The van der Waals surface area contributed by atoms with E-state index in [0.717, 1.165) is 13.0 Å². The van der Waals surface area contributed by atoms with E-state index in [1.54, 1.807) is 14.0 Å². The van der Waals surface area contributed by atoms with E-state index in [9.17, 15) is 9.90 Å². The number of fused-ring (bicyclic) bond motifs is 2. The quantitative estimate of drug-likeness (QED) is 0.273. The van der Waals surface area contributed by atoms with E-state index in [1.165, 1.54) is 42.6 Å². The van der Waals surface area contributed by atoms with E-state index in [0.29, 0.717) is 27.7 Å². The van der Waals surface area contributed by atoms with Gasteiger partial charge in [0.25, 0.3) is 0 Å². The van der Waals surface area contributed by atoms with Crippen molar-refractivity contribution in [1.29, 1.82) is 0 Å². The lowest BCUT2D eigenvalue weighted by Gasteiger charge is -2.40. The Morgan fingerprint density at radius 1 is 1.32 bits per heavy atom. The lowest BCUT2D eigenvalue weighted by atomic mass is 9.93. The summed E-state index contributed by atoms with van der Waals surface area (Å²) < 4.78 is 26.4. The molecular formula is C26H27FN6O4. The zero-order chi connectivity index (χ0) is 26.6. The van der Waals surface area contributed by atoms with Crippen molar-refractivity contribution < 1.29 is 18.7 Å². The first kappa shape index (κ1) is 24.3. The van der Waals surface area contributed by atoms with Crippen LogP contribution in [-0.2, 0) is 0 Å². The monoisotopic (exact) mass is 506 g/mol. The van der Waals surface area contributed by atoms with Crippen LogP contribution in [0.4, 0.5) is 10.2 Å². The molecule has 0 spiro atoms. The minimum Gasteiger partial charge on any atom is -0.508 e. The first-order chi connectivity index (χ1) is 17.6. The number of phenolic OH excluding ortho intramolecular Hbond substituents is 1. The number of aromatic nitrogens is 2. The van der Waals surface area contributed by atoms with Crippen molar-refractivity contribution in [1.82, 2.24) is 15.0 Å². The van der Waals surface area contributed by atoms with Crippen molar-refractivity contribution in [2.45, 2.75) is 26.3 Å². The minimum absolute atomic E-state index is 0.0545. The highest BCUT2D eigenvalue weighted by Crippen LogP contribution is 2.41. The Bertz CT molecular complexity index is 1650. The first-order valence-electron chi connectivity index (χ1n) is 11.7. The van der Waals surface area contributed by atoms with Gasteiger partial charge in [-0.2, -0.15) is 9.97 Å². The number of aryl methyl sites for hydroxylation is 1. The van der Waals surface area contributed by atoms with Gasteiger partial charge in [0, 0.05) is 47.9 Å². The van der Waals surface area contributed by atoms with E-state index in [1.807, 2.05) is 11.8 Å². The molecule has 1 aliphatic rings. The van der Waals surface area contributed by atoms with Crippen LogP contribution in [0.15, 0.2) is 39.7 Å². The number of hydrogen-bond donors (Lipinski definition) is 3. The van der Waals surface area contributed by atoms with Crippen molar-refractivity contribution in [3.63, 3.8) is 0 Å². The van der Waals surface area contributed by atoms with E-state index in [-0.39, 0.29) is 45.8 Å². The SMILES string of the molecule is COc1nc(N2CCC2C)c2c(=O)oc(-c3cc(O)cc4ccc(F)c(/C(N)=C/N(C)N)c34)c(C)c2n1. The lowest BCUT2D eigenvalue weighted by molar-refractivity contribution is 0.379. The highest BCUT2D eigenvalue weighted by molar-refractivity contribution is 6.05. The topological polar surface area (TPSA) is 144 Å². The third-order valence-corrected chi connectivity index (χ3v) is 6.67. The van der Waals surface area contributed by atoms with Gasteiger partial charge in [-0.15, -0.1) is 0 Å². The van der Waals surface area contributed by atoms with Crippen molar-refractivity contribution in [2.24, 2.45) is 11.6 Å². The standard InChI is InChI=1S/C26H27FN6O4/c1-12-7-8-33(12)24-21-22(30-26(31-24)36-4)13(2)23(37-25(21)35)16-10-15(34)9-14-5-6-17(27)20(19(14)16)18(28)11-32(3)29/h5-6,9-12,34H,7-8,28-29H2,1-4H3/b18-11-. The number of benzene rings is 2. The number of nitrogens with zero attached hydrogens (tertiary/aromatic N) is 4. The molecule has 10 nitrogen and oxygen atoms in total. The summed E-state index contributed by atoms with van der Waals surface area (Å²) in [5.41, 5.74) is 6.79. The van der Waals surface area contributed by atoms with E-state index in [4.69, 9.17) is 20.7 Å². The molecule has 0 amide bonds. The summed E-state index contributed by atoms with van der Waals surface area (Å²) in [6, 6.07) is 5.94. The Kier molecular flexibility index (Phi) is 5.87. The first-order valence-corrected chi connectivity index (χ1v) is 11.7. The second-order valence-electron chi connectivity index (χ2n) is 9.20. The Labute approximate surface area is 211 Å². The van der Waals surface area contributed by atoms with Gasteiger partial charge in [0.2, 0.25) is 0 Å². The summed E-state index contributed by atoms with van der Waals surface area (Å²) in [5, 5.41) is 12.8. The number of phenols is 1. The average molecular weight is 507 g/mol. The van der Waals surface area contributed by atoms with Crippen LogP contribution >= 0.6 is 0 Å². The van der Waals surface area contributed by atoms with Crippen molar-refractivity contribution in [3.8, 4) is 23.1 Å². The number of hydrogen-bond acceptors (Lipinski definition) is 10. The molecule has 1 fully saturated rings. The molecule has 1 aliphatic heterocycles. The fourth-order valence-electron chi connectivity index (χ4n) is 4.77. The number of methoxy groups -OCH3 is 1. The van der Waals surface area contributed by atoms with E-state index in [2.05, 4.69) is 9.97 Å². The van der Waals surface area contributed by atoms with Gasteiger partial charge in [-0.1, -0.05) is 6.07 Å². The van der Waals surface area contributed by atoms with Crippen LogP contribution in [0.1, 0.15) is 24.5 Å². The predicted octanol–water partition coefficient (Wildman–Crippen LogP) is 3.23. The molecular weight excluding hydrogens is 479 g/mol. The molecule has 2 aromatic heterocycles. The highest BCUT2D eigenvalue weighted by Gasteiger charge is 2.30. The maximum atomic E-state index is 15.2. The predicted molar refractivity (Wildman–Crippen MR) is 139 cm³/mol. The fraction of sp³-hybridized carbons (Fsp3) is 0.269. The summed E-state index contributed by atoms with van der Waals surface area (Å²) in [6.45, 7) is 4.51. The summed E-state index contributed by atoms with van der Waals surface area (Å²) in [4.78, 5) is 24.3. The molecule has 5 N–H and O–H groups in total. The van der Waals surface area contributed by atoms with Crippen molar-refractivity contribution in [2.75, 3.05) is 25.6 Å². The van der Waals surface area contributed by atoms with Crippen molar-refractivity contribution in [3.05, 3.63) is 57.8 Å². The van der Waals surface area contributed by atoms with Gasteiger partial charge in [0.1, 0.15) is 22.7 Å². The van der Waals surface area contributed by atoms with Gasteiger partial charge >= 0.3 is 11.6 Å². The molecule has 0 radical (unpaired) electrons. The van der Waals surface area contributed by atoms with Gasteiger partial charge in [0.05, 0.1) is 18.3 Å². The molecule has 37 heavy (non-hydrogen) atoms. The maximum Gasteiger partial charge on any atom is 0.349 e. The van der Waals surface area contributed by atoms with Crippen LogP contribution in [-0.4, -0.2) is 46.8 Å². The van der Waals surface area contributed by atoms with Gasteiger partial charge in [-0.3, -0.25) is 0 Å². The number of halogens is 1. The van der Waals surface area contributed by atoms with E-state index >= 15 is 4.39 Å². The molecule has 1 atom stereocenters. The van der Waals surface area contributed by atoms with Crippen LogP contribution in [0.2, 0.25) is 0 Å². The van der Waals surface area contributed by atoms with Gasteiger partial charge in [0.15, 0.2) is 5.82 Å². The van der Waals surface area contributed by atoms with Crippen LogP contribution < -0.4 is 26.8 Å². The third-order valence-electron chi connectivity index (χ3n) is 6.67. The van der Waals surface area contributed by atoms with Gasteiger partial charge in [-0.25, -0.2) is 15.0 Å². The number of nitrogens with two attached hydrogens (primary N) is 2. The summed E-state index contributed by atoms with van der Waals surface area (Å²) in [7, 11) is 3.01. The van der Waals surface area contributed by atoms with Crippen LogP contribution in [0.5, 0.6) is 11.8 Å². The summed E-state index contributed by atoms with van der Waals surface area (Å²) in [5.74, 6) is 5.57. The smallest absolute Gasteiger partial charge is 0.349 e. The van der Waals surface area contributed by atoms with Crippen LogP contribution in [0.3, 0.4) is 0 Å². The molecule has 4 aromatic rings. The number of rotatable bonds is 5. The third kappa shape index (κ3) is 3.97. The molecule has 1 saturated heterocycles. The summed E-state index contributed by atoms with van der Waals surface area (Å²) >= 11 is 0. The minimum atomic E-state index is -0.660. The highest BCUT2D eigenvalue weighted by atomic mass is 19.1.